The van der Waals surface area contributed by atoms with Gasteiger partial charge in [0.25, 0.3) is 0 Å². The average molecular weight is 575 g/mol. The highest BCUT2D eigenvalue weighted by atomic mass is 16.5. The number of nitrogens with zero attached hydrogens (tertiary/aromatic N) is 2. The highest BCUT2D eigenvalue weighted by molar-refractivity contribution is 5.92. The Labute approximate surface area is 248 Å². The molecule has 1 spiro atoms. The van der Waals surface area contributed by atoms with E-state index in [1.807, 2.05) is 18.2 Å². The molecule has 8 nitrogen and oxygen atoms in total. The van der Waals surface area contributed by atoms with Crippen molar-refractivity contribution in [2.24, 2.45) is 17.8 Å². The fourth-order valence-corrected chi connectivity index (χ4v) is 8.63. The smallest absolute Gasteiger partial charge is 0.308 e. The Morgan fingerprint density at radius 3 is 2.74 bits per heavy atom. The molecular formula is C34H42N2O6. The van der Waals surface area contributed by atoms with Crippen molar-refractivity contribution in [3.05, 3.63) is 47.4 Å². The SMILES string of the molecule is COc1cc(OC(C)=O)c2c3c1O[C@H]1[C@@H](N(CC(C)C)C(=O)/C=C/c4ccoc4)CC[C@H]4[C@@H](C2)N(CC2CC2)CC[C@@]341. The minimum Gasteiger partial charge on any atom is -0.493 e. The molecule has 2 bridgehead atoms. The summed E-state index contributed by atoms with van der Waals surface area (Å²) in [6.07, 6.45) is 12.9. The number of carbonyl (C=O) groups is 2. The van der Waals surface area contributed by atoms with E-state index < -0.39 is 0 Å². The number of benzene rings is 1. The van der Waals surface area contributed by atoms with Crippen molar-refractivity contribution < 1.29 is 28.2 Å². The van der Waals surface area contributed by atoms with Crippen molar-refractivity contribution >= 4 is 18.0 Å². The lowest BCUT2D eigenvalue weighted by Gasteiger charge is -2.60. The van der Waals surface area contributed by atoms with E-state index in [1.54, 1.807) is 25.7 Å². The Morgan fingerprint density at radius 2 is 2.05 bits per heavy atom. The molecule has 3 fully saturated rings. The van der Waals surface area contributed by atoms with Crippen LogP contribution in [0.3, 0.4) is 0 Å². The second kappa shape index (κ2) is 10.5. The largest absolute Gasteiger partial charge is 0.493 e. The summed E-state index contributed by atoms with van der Waals surface area (Å²) >= 11 is 0. The molecule has 7 rings (SSSR count). The van der Waals surface area contributed by atoms with Gasteiger partial charge in [0.1, 0.15) is 11.9 Å². The zero-order valence-corrected chi connectivity index (χ0v) is 25.1. The Morgan fingerprint density at radius 1 is 1.21 bits per heavy atom. The van der Waals surface area contributed by atoms with Crippen LogP contribution in [0.25, 0.3) is 6.08 Å². The van der Waals surface area contributed by atoms with Gasteiger partial charge in [-0.2, -0.15) is 0 Å². The maximum atomic E-state index is 13.9. The van der Waals surface area contributed by atoms with Crippen LogP contribution in [0.4, 0.5) is 0 Å². The molecule has 2 saturated carbocycles. The van der Waals surface area contributed by atoms with Crippen LogP contribution in [0.1, 0.15) is 69.6 Å². The summed E-state index contributed by atoms with van der Waals surface area (Å²) in [6.45, 7) is 8.59. The van der Waals surface area contributed by atoms with E-state index in [1.165, 1.54) is 25.3 Å². The van der Waals surface area contributed by atoms with Crippen molar-refractivity contribution in [1.29, 1.82) is 0 Å². The van der Waals surface area contributed by atoms with Crippen molar-refractivity contribution in [2.75, 3.05) is 26.7 Å². The number of likely N-dealkylation sites (tertiary alicyclic amines) is 1. The summed E-state index contributed by atoms with van der Waals surface area (Å²) in [5.74, 6) is 3.16. The number of hydrogen-bond donors (Lipinski definition) is 0. The number of hydrogen-bond acceptors (Lipinski definition) is 7. The van der Waals surface area contributed by atoms with E-state index in [0.717, 1.165) is 61.6 Å². The molecule has 1 aromatic carbocycles. The van der Waals surface area contributed by atoms with Crippen molar-refractivity contribution in [3.63, 3.8) is 0 Å². The van der Waals surface area contributed by atoms with Crippen molar-refractivity contribution in [1.82, 2.24) is 9.80 Å². The highest BCUT2D eigenvalue weighted by Gasteiger charge is 2.67. The van der Waals surface area contributed by atoms with Crippen LogP contribution < -0.4 is 14.2 Å². The number of rotatable bonds is 9. The molecule has 5 atom stereocenters. The van der Waals surface area contributed by atoms with Gasteiger partial charge in [-0.25, -0.2) is 0 Å². The molecule has 5 aliphatic rings. The fourth-order valence-electron chi connectivity index (χ4n) is 8.63. The van der Waals surface area contributed by atoms with Gasteiger partial charge in [-0.3, -0.25) is 14.5 Å². The number of ether oxygens (including phenoxy) is 3. The molecule has 2 aliphatic heterocycles. The Bertz CT molecular complexity index is 1400. The van der Waals surface area contributed by atoms with Gasteiger partial charge in [-0.05, 0) is 75.0 Å². The third kappa shape index (κ3) is 4.45. The van der Waals surface area contributed by atoms with Gasteiger partial charge in [0, 0.05) is 60.3 Å². The lowest BCUT2D eigenvalue weighted by atomic mass is 9.50. The first-order chi connectivity index (χ1) is 20.3. The maximum absolute atomic E-state index is 13.9. The van der Waals surface area contributed by atoms with Gasteiger partial charge >= 0.3 is 5.97 Å². The number of esters is 1. The van der Waals surface area contributed by atoms with Gasteiger partial charge in [-0.1, -0.05) is 13.8 Å². The second-order valence-corrected chi connectivity index (χ2v) is 13.4. The first-order valence-electron chi connectivity index (χ1n) is 15.6. The predicted molar refractivity (Wildman–Crippen MR) is 158 cm³/mol. The number of carbonyl (C=O) groups excluding carboxylic acids is 2. The van der Waals surface area contributed by atoms with Gasteiger partial charge < -0.3 is 23.5 Å². The molecule has 1 amide bonds. The minimum atomic E-state index is -0.331. The molecule has 1 saturated heterocycles. The predicted octanol–water partition coefficient (Wildman–Crippen LogP) is 5.23. The summed E-state index contributed by atoms with van der Waals surface area (Å²) in [5.41, 5.74) is 2.87. The van der Waals surface area contributed by atoms with Crippen LogP contribution in [0, 0.1) is 17.8 Å². The van der Waals surface area contributed by atoms with Gasteiger partial charge in [0.15, 0.2) is 11.5 Å². The molecule has 224 valence electrons. The Kier molecular flexibility index (Phi) is 6.87. The number of furan rings is 1. The van der Waals surface area contributed by atoms with Crippen LogP contribution in [-0.2, 0) is 21.4 Å². The van der Waals surface area contributed by atoms with E-state index in [0.29, 0.717) is 35.9 Å². The van der Waals surface area contributed by atoms with Crippen LogP contribution >= 0.6 is 0 Å². The summed E-state index contributed by atoms with van der Waals surface area (Å²) in [5, 5.41) is 0. The molecule has 42 heavy (non-hydrogen) atoms. The molecule has 1 aromatic heterocycles. The van der Waals surface area contributed by atoms with E-state index in [-0.39, 0.29) is 29.4 Å². The molecule has 3 heterocycles. The summed E-state index contributed by atoms with van der Waals surface area (Å²) in [6, 6.07) is 3.97. The van der Waals surface area contributed by atoms with E-state index in [2.05, 4.69) is 23.6 Å². The van der Waals surface area contributed by atoms with Crippen LogP contribution in [0.2, 0.25) is 0 Å². The minimum absolute atomic E-state index is 0.00405. The summed E-state index contributed by atoms with van der Waals surface area (Å²) < 4.78 is 24.0. The molecular weight excluding hydrogens is 532 g/mol. The molecule has 2 aromatic rings. The molecule has 3 aliphatic carbocycles. The van der Waals surface area contributed by atoms with Gasteiger partial charge in [-0.15, -0.1) is 0 Å². The first-order valence-corrected chi connectivity index (χ1v) is 15.6. The first kappa shape index (κ1) is 27.6. The van der Waals surface area contributed by atoms with Crippen LogP contribution in [0.5, 0.6) is 17.2 Å². The lowest BCUT2D eigenvalue weighted by Crippen LogP contribution is -2.69. The Hall–Kier alpha value is -3.26. The average Bonchev–Trinajstić information content (AvgIpc) is 3.49. The lowest BCUT2D eigenvalue weighted by molar-refractivity contribution is -0.139. The van der Waals surface area contributed by atoms with Crippen molar-refractivity contribution in [2.45, 2.75) is 82.9 Å². The third-order valence-electron chi connectivity index (χ3n) is 10.3. The quantitative estimate of drug-likeness (QED) is 0.231. The fraction of sp³-hybridized carbons (Fsp3) is 0.588. The Balaban J connectivity index is 1.33. The highest BCUT2D eigenvalue weighted by Crippen LogP contribution is 2.66. The normalized spacial score (nSPS) is 29.4. The maximum Gasteiger partial charge on any atom is 0.308 e. The van der Waals surface area contributed by atoms with Gasteiger partial charge in [0.05, 0.1) is 25.7 Å². The third-order valence-corrected chi connectivity index (χ3v) is 10.3. The van der Waals surface area contributed by atoms with Crippen LogP contribution in [0.15, 0.2) is 35.2 Å². The number of piperidine rings is 1. The van der Waals surface area contributed by atoms with E-state index in [9.17, 15) is 9.59 Å². The number of amides is 1. The standard InChI is InChI=1S/C34H42N2O6/c1-20(2)17-36(30(38)10-7-23-11-14-40-19-23)26-9-8-25-27-15-24-28(41-21(3)37)16-29(39-4)32-31(24)34(25,33(26)42-32)12-13-35(27)18-22-5-6-22/h7,10-11,14,16,19-20,22,25-27,33H,5-6,8-9,12-13,15,17-18H2,1-4H3/b10-7+/t25-,26-,27+,33-,34-/m0/s1. The molecule has 8 heteroatoms. The molecule has 0 N–H and O–H groups in total. The topological polar surface area (TPSA) is 81.5 Å². The zero-order valence-electron chi connectivity index (χ0n) is 25.1. The van der Waals surface area contributed by atoms with Crippen LogP contribution in [-0.4, -0.2) is 66.6 Å². The van der Waals surface area contributed by atoms with Crippen molar-refractivity contribution in [3.8, 4) is 17.2 Å². The summed E-state index contributed by atoms with van der Waals surface area (Å²) in [4.78, 5) is 30.9. The molecule has 0 radical (unpaired) electrons. The van der Waals surface area contributed by atoms with E-state index in [4.69, 9.17) is 18.6 Å². The number of methoxy groups -OCH3 is 1. The van der Waals surface area contributed by atoms with E-state index >= 15 is 0 Å². The molecule has 0 unspecified atom stereocenters. The van der Waals surface area contributed by atoms with Gasteiger partial charge in [0.2, 0.25) is 5.91 Å². The zero-order chi connectivity index (χ0) is 29.2. The summed E-state index contributed by atoms with van der Waals surface area (Å²) in [7, 11) is 1.65. The monoisotopic (exact) mass is 574 g/mol. The second-order valence-electron chi connectivity index (χ2n) is 13.4.